The smallest absolute Gasteiger partial charge is 0.312 e. The van der Waals surface area contributed by atoms with Crippen LogP contribution < -0.4 is 0 Å². The maximum atomic E-state index is 13.1. The molecule has 2 aromatic rings. The lowest BCUT2D eigenvalue weighted by Crippen LogP contribution is -2.26. The Morgan fingerprint density at radius 3 is 2.14 bits per heavy atom. The quantitative estimate of drug-likeness (QED) is 0.193. The normalized spacial score (nSPS) is 13.1. The SMILES string of the molecule is CSc1ccc(C(=O)C(=NOC(=O)c2ccccc2)C(C)CC(C)(C)C)cc1. The molecule has 1 unspecified atom stereocenters. The fourth-order valence-electron chi connectivity index (χ4n) is 2.98. The van der Waals surface area contributed by atoms with Gasteiger partial charge in [0.05, 0.1) is 5.56 Å². The Labute approximate surface area is 171 Å². The van der Waals surface area contributed by atoms with Crippen molar-refractivity contribution in [1.82, 2.24) is 0 Å². The first kappa shape index (κ1) is 21.9. The van der Waals surface area contributed by atoms with Gasteiger partial charge in [-0.2, -0.15) is 0 Å². The largest absolute Gasteiger partial charge is 0.365 e. The maximum Gasteiger partial charge on any atom is 0.365 e. The number of hydrogen-bond acceptors (Lipinski definition) is 5. The molecule has 0 amide bonds. The molecule has 0 radical (unpaired) electrons. The van der Waals surface area contributed by atoms with Gasteiger partial charge >= 0.3 is 5.97 Å². The predicted molar refractivity (Wildman–Crippen MR) is 115 cm³/mol. The first-order valence-electron chi connectivity index (χ1n) is 9.24. The molecular weight excluding hydrogens is 370 g/mol. The molecule has 0 aliphatic carbocycles. The number of nitrogens with zero attached hydrogens (tertiary/aromatic N) is 1. The van der Waals surface area contributed by atoms with Gasteiger partial charge in [0, 0.05) is 16.4 Å². The molecule has 0 saturated heterocycles. The van der Waals surface area contributed by atoms with Gasteiger partial charge in [-0.15, -0.1) is 11.8 Å². The highest BCUT2D eigenvalue weighted by atomic mass is 32.2. The zero-order valence-corrected chi connectivity index (χ0v) is 17.9. The summed E-state index contributed by atoms with van der Waals surface area (Å²) < 4.78 is 0. The van der Waals surface area contributed by atoms with E-state index in [2.05, 4.69) is 25.9 Å². The molecule has 1 atom stereocenters. The van der Waals surface area contributed by atoms with Crippen LogP contribution in [0.4, 0.5) is 0 Å². The van der Waals surface area contributed by atoms with Gasteiger partial charge in [-0.05, 0) is 54.5 Å². The van der Waals surface area contributed by atoms with Crippen molar-refractivity contribution in [3.63, 3.8) is 0 Å². The van der Waals surface area contributed by atoms with E-state index < -0.39 is 5.97 Å². The summed E-state index contributed by atoms with van der Waals surface area (Å²) in [5, 5.41) is 4.02. The molecule has 0 fully saturated rings. The van der Waals surface area contributed by atoms with Crippen molar-refractivity contribution >= 4 is 29.2 Å². The lowest BCUT2D eigenvalue weighted by Gasteiger charge is -2.23. The zero-order chi connectivity index (χ0) is 20.7. The van der Waals surface area contributed by atoms with E-state index in [0.717, 1.165) is 11.3 Å². The predicted octanol–water partition coefficient (Wildman–Crippen LogP) is 5.88. The molecule has 2 rings (SSSR count). The van der Waals surface area contributed by atoms with Crippen molar-refractivity contribution in [2.24, 2.45) is 16.5 Å². The summed E-state index contributed by atoms with van der Waals surface area (Å²) in [6, 6.07) is 16.0. The third-order valence-electron chi connectivity index (χ3n) is 4.21. The van der Waals surface area contributed by atoms with Crippen LogP contribution in [0.1, 0.15) is 54.8 Å². The fourth-order valence-corrected chi connectivity index (χ4v) is 3.39. The monoisotopic (exact) mass is 397 g/mol. The van der Waals surface area contributed by atoms with Crippen LogP contribution in [-0.2, 0) is 4.84 Å². The number of oxime groups is 1. The van der Waals surface area contributed by atoms with Gasteiger partial charge in [0.15, 0.2) is 0 Å². The number of ketones is 1. The van der Waals surface area contributed by atoms with Crippen LogP contribution in [-0.4, -0.2) is 23.7 Å². The third-order valence-corrected chi connectivity index (χ3v) is 4.95. The van der Waals surface area contributed by atoms with Gasteiger partial charge in [0.25, 0.3) is 0 Å². The minimum absolute atomic E-state index is 0.00656. The summed E-state index contributed by atoms with van der Waals surface area (Å²) >= 11 is 1.61. The topological polar surface area (TPSA) is 55.7 Å². The van der Waals surface area contributed by atoms with Crippen LogP contribution in [0.15, 0.2) is 64.6 Å². The molecule has 0 aliphatic heterocycles. The minimum atomic E-state index is -0.577. The van der Waals surface area contributed by atoms with Crippen LogP contribution in [0.3, 0.4) is 0 Å². The van der Waals surface area contributed by atoms with E-state index in [4.69, 9.17) is 4.84 Å². The van der Waals surface area contributed by atoms with Crippen molar-refractivity contribution in [3.8, 4) is 0 Å². The molecule has 4 nitrogen and oxygen atoms in total. The average molecular weight is 398 g/mol. The Kier molecular flexibility index (Phi) is 7.58. The molecule has 0 saturated carbocycles. The van der Waals surface area contributed by atoms with Crippen LogP contribution in [0, 0.1) is 11.3 Å². The van der Waals surface area contributed by atoms with Crippen molar-refractivity contribution < 1.29 is 14.4 Å². The van der Waals surface area contributed by atoms with Crippen LogP contribution in [0.5, 0.6) is 0 Å². The summed E-state index contributed by atoms with van der Waals surface area (Å²) in [5.41, 5.74) is 1.20. The fraction of sp³-hybridized carbons (Fsp3) is 0.348. The molecule has 0 bridgehead atoms. The minimum Gasteiger partial charge on any atom is -0.312 e. The molecule has 0 heterocycles. The second-order valence-corrected chi connectivity index (χ2v) is 8.82. The van der Waals surface area contributed by atoms with Crippen molar-refractivity contribution in [2.45, 2.75) is 39.0 Å². The van der Waals surface area contributed by atoms with Crippen LogP contribution in [0.2, 0.25) is 0 Å². The Bertz CT molecular complexity index is 836. The van der Waals surface area contributed by atoms with E-state index in [9.17, 15) is 9.59 Å². The highest BCUT2D eigenvalue weighted by Gasteiger charge is 2.26. The highest BCUT2D eigenvalue weighted by Crippen LogP contribution is 2.26. The second kappa shape index (κ2) is 9.69. The number of hydrogen-bond donors (Lipinski definition) is 0. The van der Waals surface area contributed by atoms with Crippen molar-refractivity contribution in [2.75, 3.05) is 6.26 Å². The summed E-state index contributed by atoms with van der Waals surface area (Å²) in [7, 11) is 0. The van der Waals surface area contributed by atoms with Crippen LogP contribution >= 0.6 is 11.8 Å². The summed E-state index contributed by atoms with van der Waals surface area (Å²) in [4.78, 5) is 31.6. The molecule has 0 N–H and O–H groups in total. The van der Waals surface area contributed by atoms with Gasteiger partial charge in [-0.1, -0.05) is 51.0 Å². The maximum absolute atomic E-state index is 13.1. The Morgan fingerprint density at radius 2 is 1.61 bits per heavy atom. The third kappa shape index (κ3) is 6.34. The van der Waals surface area contributed by atoms with Crippen molar-refractivity contribution in [1.29, 1.82) is 0 Å². The van der Waals surface area contributed by atoms with Gasteiger partial charge in [0.1, 0.15) is 5.71 Å². The second-order valence-electron chi connectivity index (χ2n) is 7.94. The van der Waals surface area contributed by atoms with Crippen LogP contribution in [0.25, 0.3) is 0 Å². The van der Waals surface area contributed by atoms with E-state index >= 15 is 0 Å². The van der Waals surface area contributed by atoms with Gasteiger partial charge in [-0.3, -0.25) is 4.79 Å². The van der Waals surface area contributed by atoms with E-state index in [1.54, 1.807) is 48.2 Å². The number of benzene rings is 2. The Balaban J connectivity index is 2.29. The first-order valence-corrected chi connectivity index (χ1v) is 10.5. The number of carbonyl (C=O) groups is 2. The highest BCUT2D eigenvalue weighted by molar-refractivity contribution is 7.98. The first-order chi connectivity index (χ1) is 13.2. The summed E-state index contributed by atoms with van der Waals surface area (Å²) in [6.07, 6.45) is 2.72. The van der Waals surface area contributed by atoms with Gasteiger partial charge in [-0.25, -0.2) is 4.79 Å². The number of rotatable bonds is 7. The molecule has 0 aromatic heterocycles. The Hall–Kier alpha value is -2.40. The lowest BCUT2D eigenvalue weighted by atomic mass is 9.82. The van der Waals surface area contributed by atoms with Gasteiger partial charge < -0.3 is 4.84 Å². The average Bonchev–Trinajstić information content (AvgIpc) is 2.67. The standard InChI is InChI=1S/C23H27NO3S/c1-16(15-23(2,3)4)20(21(25)17-11-13-19(28-5)14-12-17)24-27-22(26)18-9-7-6-8-10-18/h6-14,16H,15H2,1-5H3. The molecule has 28 heavy (non-hydrogen) atoms. The summed E-state index contributed by atoms with van der Waals surface area (Å²) in [5.74, 6) is -0.951. The molecule has 5 heteroatoms. The molecule has 0 aliphatic rings. The van der Waals surface area contributed by atoms with E-state index in [-0.39, 0.29) is 22.8 Å². The molecular formula is C23H27NO3S. The van der Waals surface area contributed by atoms with E-state index in [1.807, 2.05) is 31.4 Å². The van der Waals surface area contributed by atoms with Crippen molar-refractivity contribution in [3.05, 3.63) is 65.7 Å². The lowest BCUT2D eigenvalue weighted by molar-refractivity contribution is 0.0513. The summed E-state index contributed by atoms with van der Waals surface area (Å²) in [6.45, 7) is 8.26. The Morgan fingerprint density at radius 1 is 1.00 bits per heavy atom. The molecule has 2 aromatic carbocycles. The number of carbonyl (C=O) groups excluding carboxylic acids is 2. The number of Topliss-reactive ketones (excluding diaryl/α,β-unsaturated/α-hetero) is 1. The van der Waals surface area contributed by atoms with Gasteiger partial charge in [0.2, 0.25) is 5.78 Å². The molecule has 148 valence electrons. The molecule has 0 spiro atoms. The zero-order valence-electron chi connectivity index (χ0n) is 17.1. The van der Waals surface area contributed by atoms with E-state index in [0.29, 0.717) is 11.1 Å². The number of thioether (sulfide) groups is 1. The van der Waals surface area contributed by atoms with E-state index in [1.165, 1.54) is 0 Å².